The van der Waals surface area contributed by atoms with Crippen molar-refractivity contribution in [3.8, 4) is 0 Å². The van der Waals surface area contributed by atoms with Gasteiger partial charge in [0, 0.05) is 19.0 Å². The Bertz CT molecular complexity index is 443. The lowest BCUT2D eigenvalue weighted by Crippen LogP contribution is -2.33. The van der Waals surface area contributed by atoms with E-state index in [1.54, 1.807) is 19.4 Å². The topological polar surface area (TPSA) is 58.6 Å². The summed E-state index contributed by atoms with van der Waals surface area (Å²) in [5.41, 5.74) is 1.29. The summed E-state index contributed by atoms with van der Waals surface area (Å²) in [6.07, 6.45) is 1.57. The van der Waals surface area contributed by atoms with Gasteiger partial charge in [-0.05, 0) is 19.8 Å². The van der Waals surface area contributed by atoms with Crippen LogP contribution >= 0.6 is 11.8 Å². The van der Waals surface area contributed by atoms with Gasteiger partial charge in [0.1, 0.15) is 5.70 Å². The summed E-state index contributed by atoms with van der Waals surface area (Å²) >= 11 is 1.42. The second-order valence-corrected chi connectivity index (χ2v) is 4.82. The number of rotatable bonds is 3. The van der Waals surface area contributed by atoms with Crippen LogP contribution in [-0.4, -0.2) is 37.0 Å². The summed E-state index contributed by atoms with van der Waals surface area (Å²) in [7, 11) is 1.60. The minimum absolute atomic E-state index is 0.123. The lowest BCUT2D eigenvalue weighted by atomic mass is 10.1. The van der Waals surface area contributed by atoms with Gasteiger partial charge < -0.3 is 15.0 Å². The van der Waals surface area contributed by atoms with Crippen molar-refractivity contribution in [3.63, 3.8) is 0 Å². The fraction of sp³-hybridized carbons (Fsp3) is 0.500. The van der Waals surface area contributed by atoms with Crippen molar-refractivity contribution in [2.24, 2.45) is 0 Å². The average Bonchev–Trinajstić information content (AvgIpc) is 2.81. The first kappa shape index (κ1) is 13.0. The smallest absolute Gasteiger partial charge is 0.336 e. The molecule has 2 aliphatic rings. The van der Waals surface area contributed by atoms with E-state index < -0.39 is 0 Å². The van der Waals surface area contributed by atoms with E-state index in [-0.39, 0.29) is 11.9 Å². The summed E-state index contributed by atoms with van der Waals surface area (Å²) in [6, 6.07) is 0. The van der Waals surface area contributed by atoms with Gasteiger partial charge in [0.2, 0.25) is 0 Å². The monoisotopic (exact) mass is 268 g/mol. The number of fused-ring (bicyclic) bond motifs is 1. The van der Waals surface area contributed by atoms with Crippen LogP contribution in [0.4, 0.5) is 0 Å². The summed E-state index contributed by atoms with van der Waals surface area (Å²) in [5, 5.41) is 5.24. The fourth-order valence-electron chi connectivity index (χ4n) is 2.04. The van der Waals surface area contributed by atoms with E-state index in [1.165, 1.54) is 11.8 Å². The molecule has 2 heterocycles. The molecule has 0 saturated heterocycles. The van der Waals surface area contributed by atoms with E-state index in [2.05, 4.69) is 5.32 Å². The lowest BCUT2D eigenvalue weighted by Gasteiger charge is -2.28. The van der Waals surface area contributed by atoms with Crippen LogP contribution in [0.1, 0.15) is 19.8 Å². The zero-order valence-corrected chi connectivity index (χ0v) is 11.3. The first-order valence-electron chi connectivity index (χ1n) is 5.95. The maximum Gasteiger partial charge on any atom is 0.336 e. The highest BCUT2D eigenvalue weighted by atomic mass is 32.2. The zero-order chi connectivity index (χ0) is 13.1. The minimum atomic E-state index is -0.267. The maximum atomic E-state index is 11.8. The summed E-state index contributed by atoms with van der Waals surface area (Å²) in [4.78, 5) is 25.4. The largest absolute Gasteiger partial charge is 0.463 e. The van der Waals surface area contributed by atoms with E-state index >= 15 is 0 Å². The van der Waals surface area contributed by atoms with E-state index in [4.69, 9.17) is 4.74 Å². The van der Waals surface area contributed by atoms with Gasteiger partial charge in [-0.15, -0.1) is 0 Å². The Labute approximate surface area is 110 Å². The molecule has 0 saturated carbocycles. The highest BCUT2D eigenvalue weighted by Gasteiger charge is 2.33. The Balaban J connectivity index is 2.25. The standard InChI is InChI=1S/C12H16N2O3S/c1-3-17-12(16)8-5-4-6-14-9(10(15)13-2)7-18-11(8)14/h7H,3-6H2,1-2H3,(H,13,15). The van der Waals surface area contributed by atoms with Crippen LogP contribution in [0.2, 0.25) is 0 Å². The maximum absolute atomic E-state index is 11.8. The van der Waals surface area contributed by atoms with E-state index in [0.29, 0.717) is 24.3 Å². The number of carbonyl (C=O) groups is 2. The molecule has 2 rings (SSSR count). The highest BCUT2D eigenvalue weighted by molar-refractivity contribution is 8.06. The third-order valence-electron chi connectivity index (χ3n) is 2.87. The van der Waals surface area contributed by atoms with Gasteiger partial charge >= 0.3 is 5.97 Å². The molecule has 2 aliphatic heterocycles. The van der Waals surface area contributed by atoms with E-state index in [9.17, 15) is 9.59 Å². The fourth-order valence-corrected chi connectivity index (χ4v) is 3.14. The molecule has 0 bridgehead atoms. The van der Waals surface area contributed by atoms with E-state index in [0.717, 1.165) is 18.0 Å². The van der Waals surface area contributed by atoms with Gasteiger partial charge in [-0.2, -0.15) is 0 Å². The third-order valence-corrected chi connectivity index (χ3v) is 3.90. The zero-order valence-electron chi connectivity index (χ0n) is 10.5. The van der Waals surface area contributed by atoms with Crippen LogP contribution in [0.25, 0.3) is 0 Å². The minimum Gasteiger partial charge on any atom is -0.463 e. The number of ether oxygens (including phenoxy) is 1. The number of esters is 1. The molecule has 0 fully saturated rings. The molecule has 0 spiro atoms. The molecule has 1 N–H and O–H groups in total. The van der Waals surface area contributed by atoms with Crippen molar-refractivity contribution >= 4 is 23.6 Å². The number of thioether (sulfide) groups is 1. The Morgan fingerprint density at radius 1 is 1.56 bits per heavy atom. The van der Waals surface area contributed by atoms with Crippen molar-refractivity contribution in [1.29, 1.82) is 0 Å². The number of carbonyl (C=O) groups excluding carboxylic acids is 2. The van der Waals surface area contributed by atoms with Crippen LogP contribution in [0, 0.1) is 0 Å². The lowest BCUT2D eigenvalue weighted by molar-refractivity contribution is -0.139. The molecule has 1 amide bonds. The molecule has 6 heteroatoms. The molecule has 98 valence electrons. The summed E-state index contributed by atoms with van der Waals surface area (Å²) in [6.45, 7) is 2.93. The molecule has 5 nitrogen and oxygen atoms in total. The Kier molecular flexibility index (Phi) is 3.96. The van der Waals surface area contributed by atoms with Crippen LogP contribution < -0.4 is 5.32 Å². The predicted molar refractivity (Wildman–Crippen MR) is 69.3 cm³/mol. The van der Waals surface area contributed by atoms with Crippen molar-refractivity contribution in [3.05, 3.63) is 21.7 Å². The highest BCUT2D eigenvalue weighted by Crippen LogP contribution is 2.40. The van der Waals surface area contributed by atoms with Crippen LogP contribution in [0.15, 0.2) is 21.7 Å². The SMILES string of the molecule is CCOC(=O)C1=C2SC=C(C(=O)NC)N2CCC1. The van der Waals surface area contributed by atoms with E-state index in [1.807, 2.05) is 4.90 Å². The van der Waals surface area contributed by atoms with Crippen molar-refractivity contribution in [2.75, 3.05) is 20.2 Å². The van der Waals surface area contributed by atoms with Gasteiger partial charge in [0.25, 0.3) is 5.91 Å². The van der Waals surface area contributed by atoms with Crippen molar-refractivity contribution in [2.45, 2.75) is 19.8 Å². The second-order valence-electron chi connectivity index (χ2n) is 3.96. The molecule has 18 heavy (non-hydrogen) atoms. The van der Waals surface area contributed by atoms with Crippen LogP contribution in [-0.2, 0) is 14.3 Å². The molecule has 0 radical (unpaired) electrons. The molecule has 0 atom stereocenters. The number of hydrogen-bond acceptors (Lipinski definition) is 5. The number of nitrogens with one attached hydrogen (secondary N) is 1. The van der Waals surface area contributed by atoms with Gasteiger partial charge in [0.05, 0.1) is 17.2 Å². The van der Waals surface area contributed by atoms with Crippen LogP contribution in [0.5, 0.6) is 0 Å². The first-order valence-corrected chi connectivity index (χ1v) is 6.83. The van der Waals surface area contributed by atoms with Gasteiger partial charge in [-0.1, -0.05) is 11.8 Å². The van der Waals surface area contributed by atoms with Crippen molar-refractivity contribution in [1.82, 2.24) is 10.2 Å². The van der Waals surface area contributed by atoms with Crippen molar-refractivity contribution < 1.29 is 14.3 Å². The normalized spacial score (nSPS) is 18.3. The van der Waals surface area contributed by atoms with Gasteiger partial charge in [-0.25, -0.2) is 4.79 Å². The number of likely N-dealkylation sites (N-methyl/N-ethyl adjacent to an activating group) is 1. The Morgan fingerprint density at radius 3 is 3.00 bits per heavy atom. The quantitative estimate of drug-likeness (QED) is 0.779. The number of amides is 1. The molecule has 0 unspecified atom stereocenters. The predicted octanol–water partition coefficient (Wildman–Crippen LogP) is 1.19. The average molecular weight is 268 g/mol. The second kappa shape index (κ2) is 5.48. The molecular weight excluding hydrogens is 252 g/mol. The molecule has 0 aliphatic carbocycles. The number of hydrogen-bond donors (Lipinski definition) is 1. The summed E-state index contributed by atoms with van der Waals surface area (Å²) in [5.74, 6) is -0.390. The summed E-state index contributed by atoms with van der Waals surface area (Å²) < 4.78 is 5.05. The molecule has 0 aromatic heterocycles. The third kappa shape index (κ3) is 2.25. The Hall–Kier alpha value is -1.43. The van der Waals surface area contributed by atoms with Gasteiger partial charge in [-0.3, -0.25) is 4.79 Å². The van der Waals surface area contributed by atoms with Gasteiger partial charge in [0.15, 0.2) is 0 Å². The molecule has 0 aromatic rings. The number of nitrogens with zero attached hydrogens (tertiary/aromatic N) is 1. The Morgan fingerprint density at radius 2 is 2.33 bits per heavy atom. The first-order chi connectivity index (χ1) is 8.69. The van der Waals surface area contributed by atoms with Crippen LogP contribution in [0.3, 0.4) is 0 Å². The molecular formula is C12H16N2O3S. The molecule has 0 aromatic carbocycles.